The van der Waals surface area contributed by atoms with E-state index in [9.17, 15) is 23.2 Å². The molecule has 5 rings (SSSR count). The maximum absolute atomic E-state index is 13.6. The van der Waals surface area contributed by atoms with Gasteiger partial charge in [0.05, 0.1) is 24.1 Å². The largest absolute Gasteiger partial charge is 0.325 e. The number of carbonyl (C=O) groups excluding carboxylic acids is 3. The molecule has 1 saturated heterocycles. The molecule has 3 aromatic rings. The van der Waals surface area contributed by atoms with Crippen molar-refractivity contribution in [3.05, 3.63) is 59.9 Å². The molecule has 0 unspecified atom stereocenters. The summed E-state index contributed by atoms with van der Waals surface area (Å²) in [6.45, 7) is -0.223. The van der Waals surface area contributed by atoms with Crippen LogP contribution in [-0.2, 0) is 11.3 Å². The molecule has 3 amide bonds. The molecule has 10 heteroatoms. The van der Waals surface area contributed by atoms with Gasteiger partial charge in [-0.05, 0) is 49.2 Å². The number of nitrogens with one attached hydrogen (secondary N) is 1. The molecule has 1 aliphatic heterocycles. The van der Waals surface area contributed by atoms with Crippen molar-refractivity contribution in [3.8, 4) is 5.69 Å². The molecular formula is C24H23F2N5O3. The molecule has 1 saturated carbocycles. The molecule has 0 radical (unpaired) electrons. The number of ketones is 1. The number of rotatable bonds is 5. The standard InChI is InChI=1S/C24H23F2N5O3/c25-24(26)11-9-23(10-12-24)21(33)30(22(34)29-23)14-19(32)15-5-7-16(8-6-15)31-18-4-2-1-3-17(18)28-20(31)13-27/h1-8H,9-14,27H2,(H,29,34). The summed E-state index contributed by atoms with van der Waals surface area (Å²) in [7, 11) is 0. The first-order valence-corrected chi connectivity index (χ1v) is 11.1. The van der Waals surface area contributed by atoms with Crippen LogP contribution in [0.1, 0.15) is 41.9 Å². The minimum atomic E-state index is -2.84. The number of imide groups is 1. The van der Waals surface area contributed by atoms with Crippen LogP contribution in [0, 0.1) is 0 Å². The Kier molecular flexibility index (Phi) is 5.20. The van der Waals surface area contributed by atoms with Crippen molar-refractivity contribution in [2.45, 2.75) is 43.7 Å². The molecule has 2 aromatic carbocycles. The Labute approximate surface area is 193 Å². The Hall–Kier alpha value is -3.66. The summed E-state index contributed by atoms with van der Waals surface area (Å²) >= 11 is 0. The van der Waals surface area contributed by atoms with E-state index in [1.807, 2.05) is 28.8 Å². The number of alkyl halides is 2. The van der Waals surface area contributed by atoms with Crippen LogP contribution in [0.5, 0.6) is 0 Å². The highest BCUT2D eigenvalue weighted by atomic mass is 19.3. The van der Waals surface area contributed by atoms with Gasteiger partial charge in [-0.1, -0.05) is 12.1 Å². The summed E-state index contributed by atoms with van der Waals surface area (Å²) in [6, 6.07) is 13.6. The van der Waals surface area contributed by atoms with E-state index in [-0.39, 0.29) is 19.4 Å². The normalized spacial score (nSPS) is 19.1. The lowest BCUT2D eigenvalue weighted by atomic mass is 9.80. The lowest BCUT2D eigenvalue weighted by Crippen LogP contribution is -2.51. The number of urea groups is 1. The number of benzene rings is 2. The van der Waals surface area contributed by atoms with Gasteiger partial charge in [0, 0.05) is 24.1 Å². The van der Waals surface area contributed by atoms with E-state index in [0.717, 1.165) is 21.6 Å². The van der Waals surface area contributed by atoms with Crippen molar-refractivity contribution in [2.24, 2.45) is 5.73 Å². The second-order valence-corrected chi connectivity index (χ2v) is 8.79. The van der Waals surface area contributed by atoms with Gasteiger partial charge < -0.3 is 11.1 Å². The molecule has 0 bridgehead atoms. The van der Waals surface area contributed by atoms with Crippen LogP contribution in [0.3, 0.4) is 0 Å². The van der Waals surface area contributed by atoms with Crippen molar-refractivity contribution in [2.75, 3.05) is 6.54 Å². The quantitative estimate of drug-likeness (QED) is 0.442. The molecule has 8 nitrogen and oxygen atoms in total. The number of fused-ring (bicyclic) bond motifs is 1. The Bertz CT molecular complexity index is 1290. The first-order valence-electron chi connectivity index (χ1n) is 11.1. The van der Waals surface area contributed by atoms with Gasteiger partial charge in [-0.15, -0.1) is 0 Å². The Morgan fingerprint density at radius 1 is 1.03 bits per heavy atom. The van der Waals surface area contributed by atoms with E-state index in [2.05, 4.69) is 10.3 Å². The average Bonchev–Trinajstić information content (AvgIpc) is 3.32. The molecule has 34 heavy (non-hydrogen) atoms. The molecule has 1 aromatic heterocycles. The molecule has 176 valence electrons. The fourth-order valence-electron chi connectivity index (χ4n) is 4.73. The van der Waals surface area contributed by atoms with Crippen LogP contribution in [0.4, 0.5) is 13.6 Å². The number of hydrogen-bond acceptors (Lipinski definition) is 5. The third-order valence-corrected chi connectivity index (χ3v) is 6.64. The molecule has 2 aliphatic rings. The van der Waals surface area contributed by atoms with Crippen LogP contribution >= 0.6 is 0 Å². The number of nitrogens with zero attached hydrogens (tertiary/aromatic N) is 3. The fraction of sp³-hybridized carbons (Fsp3) is 0.333. The Morgan fingerprint density at radius 2 is 1.71 bits per heavy atom. The lowest BCUT2D eigenvalue weighted by Gasteiger charge is -2.34. The van der Waals surface area contributed by atoms with Gasteiger partial charge in [0.1, 0.15) is 11.4 Å². The van der Waals surface area contributed by atoms with E-state index in [1.54, 1.807) is 24.3 Å². The van der Waals surface area contributed by atoms with E-state index < -0.39 is 48.6 Å². The number of Topliss-reactive ketones (excluding diaryl/α,β-unsaturated/α-hetero) is 1. The summed E-state index contributed by atoms with van der Waals surface area (Å²) in [4.78, 5) is 43.6. The summed E-state index contributed by atoms with van der Waals surface area (Å²) in [5, 5.41) is 2.55. The van der Waals surface area contributed by atoms with E-state index in [0.29, 0.717) is 11.4 Å². The maximum atomic E-state index is 13.6. The molecule has 1 spiro atoms. The van der Waals surface area contributed by atoms with E-state index >= 15 is 0 Å². The number of amides is 3. The number of halogens is 2. The zero-order chi connectivity index (χ0) is 24.1. The average molecular weight is 467 g/mol. The van der Waals surface area contributed by atoms with Crippen LogP contribution in [0.25, 0.3) is 16.7 Å². The lowest BCUT2D eigenvalue weighted by molar-refractivity contribution is -0.135. The van der Waals surface area contributed by atoms with Crippen molar-refractivity contribution < 1.29 is 23.2 Å². The van der Waals surface area contributed by atoms with E-state index in [4.69, 9.17) is 5.73 Å². The predicted octanol–water partition coefficient (Wildman–Crippen LogP) is 3.17. The van der Waals surface area contributed by atoms with Gasteiger partial charge in [-0.2, -0.15) is 0 Å². The summed E-state index contributed by atoms with van der Waals surface area (Å²) in [5.74, 6) is -3.22. The third-order valence-electron chi connectivity index (χ3n) is 6.64. The predicted molar refractivity (Wildman–Crippen MR) is 120 cm³/mol. The van der Waals surface area contributed by atoms with Gasteiger partial charge >= 0.3 is 6.03 Å². The van der Waals surface area contributed by atoms with Crippen molar-refractivity contribution in [3.63, 3.8) is 0 Å². The van der Waals surface area contributed by atoms with Gasteiger partial charge in [-0.25, -0.2) is 18.6 Å². The van der Waals surface area contributed by atoms with Gasteiger partial charge in [-0.3, -0.25) is 19.1 Å². The molecule has 2 heterocycles. The van der Waals surface area contributed by atoms with Gasteiger partial charge in [0.25, 0.3) is 5.91 Å². The summed E-state index contributed by atoms with van der Waals surface area (Å²) in [6.07, 6.45) is -1.25. The zero-order valence-corrected chi connectivity index (χ0v) is 18.3. The minimum Gasteiger partial charge on any atom is -0.324 e. The summed E-state index contributed by atoms with van der Waals surface area (Å²) in [5.41, 5.74) is 7.29. The number of imidazole rings is 1. The number of hydrogen-bond donors (Lipinski definition) is 2. The van der Waals surface area contributed by atoms with Gasteiger partial charge in [0.2, 0.25) is 5.92 Å². The summed E-state index contributed by atoms with van der Waals surface area (Å²) < 4.78 is 29.0. The van der Waals surface area contributed by atoms with Crippen LogP contribution in [0.2, 0.25) is 0 Å². The number of para-hydroxylation sites is 2. The maximum Gasteiger partial charge on any atom is 0.325 e. The Morgan fingerprint density at radius 3 is 2.38 bits per heavy atom. The zero-order valence-electron chi connectivity index (χ0n) is 18.3. The highest BCUT2D eigenvalue weighted by Crippen LogP contribution is 2.41. The topological polar surface area (TPSA) is 110 Å². The minimum absolute atomic E-state index is 0.147. The van der Waals surface area contributed by atoms with Crippen LogP contribution in [-0.4, -0.2) is 50.2 Å². The second-order valence-electron chi connectivity index (χ2n) is 8.79. The monoisotopic (exact) mass is 467 g/mol. The Balaban J connectivity index is 1.34. The third kappa shape index (κ3) is 3.63. The van der Waals surface area contributed by atoms with Crippen LogP contribution < -0.4 is 11.1 Å². The molecule has 1 aliphatic carbocycles. The molecule has 3 N–H and O–H groups in total. The van der Waals surface area contributed by atoms with Crippen LogP contribution in [0.15, 0.2) is 48.5 Å². The second kappa shape index (κ2) is 7.98. The molecule has 0 atom stereocenters. The van der Waals surface area contributed by atoms with Crippen molar-refractivity contribution in [1.29, 1.82) is 0 Å². The number of nitrogens with two attached hydrogens (primary N) is 1. The SMILES string of the molecule is NCc1nc2ccccc2n1-c1ccc(C(=O)CN2C(=O)NC3(CCC(F)(F)CC3)C2=O)cc1. The highest BCUT2D eigenvalue weighted by Gasteiger charge is 2.55. The molecular weight excluding hydrogens is 444 g/mol. The fourth-order valence-corrected chi connectivity index (χ4v) is 4.73. The number of aromatic nitrogens is 2. The van der Waals surface area contributed by atoms with Crippen molar-refractivity contribution >= 4 is 28.8 Å². The molecule has 2 fully saturated rings. The smallest absolute Gasteiger partial charge is 0.324 e. The first-order chi connectivity index (χ1) is 16.2. The highest BCUT2D eigenvalue weighted by molar-refractivity contribution is 6.11. The number of carbonyl (C=O) groups is 3. The van der Waals surface area contributed by atoms with Gasteiger partial charge in [0.15, 0.2) is 5.78 Å². The first kappa shape index (κ1) is 22.1. The van der Waals surface area contributed by atoms with E-state index in [1.165, 1.54) is 0 Å². The van der Waals surface area contributed by atoms with Crippen molar-refractivity contribution in [1.82, 2.24) is 19.8 Å².